The fourth-order valence-corrected chi connectivity index (χ4v) is 5.51. The minimum absolute atomic E-state index is 0.146. The van der Waals surface area contributed by atoms with Crippen LogP contribution in [0.4, 0.5) is 0 Å². The molecule has 0 radical (unpaired) electrons. The maximum Gasteiger partial charge on any atom is 0.291 e. The molecule has 1 aliphatic heterocycles. The van der Waals surface area contributed by atoms with Gasteiger partial charge in [-0.25, -0.2) is 0 Å². The average molecular weight is 391 g/mol. The second-order valence-electron chi connectivity index (χ2n) is 7.17. The molecule has 7 nitrogen and oxygen atoms in total. The van der Waals surface area contributed by atoms with Crippen LogP contribution in [-0.4, -0.2) is 32.5 Å². The number of allylic oxidation sites excluding steroid dienone is 2. The molecule has 2 heterocycles. The fourth-order valence-electron chi connectivity index (χ4n) is 4.96. The van der Waals surface area contributed by atoms with Gasteiger partial charge in [-0.1, -0.05) is 12.2 Å². The molecule has 4 unspecified atom stereocenters. The Morgan fingerprint density at radius 3 is 2.29 bits per heavy atom. The minimum atomic E-state index is -0.564. The average Bonchev–Trinajstić information content (AvgIpc) is 2.99. The molecule has 8 heteroatoms. The van der Waals surface area contributed by atoms with Crippen molar-refractivity contribution < 1.29 is 14.4 Å². The van der Waals surface area contributed by atoms with E-state index >= 15 is 0 Å². The first-order valence-corrected chi connectivity index (χ1v) is 8.79. The van der Waals surface area contributed by atoms with Gasteiger partial charge in [-0.2, -0.15) is 10.1 Å². The highest BCUT2D eigenvalue weighted by molar-refractivity contribution is 9.10. The van der Waals surface area contributed by atoms with E-state index in [2.05, 4.69) is 38.6 Å². The highest BCUT2D eigenvalue weighted by atomic mass is 79.9. The van der Waals surface area contributed by atoms with E-state index in [0.717, 1.165) is 17.9 Å². The van der Waals surface area contributed by atoms with E-state index in [-0.39, 0.29) is 46.6 Å². The Morgan fingerprint density at radius 1 is 1.25 bits per heavy atom. The van der Waals surface area contributed by atoms with Crippen LogP contribution < -0.4 is 5.43 Å². The number of hydrogen-bond donors (Lipinski definition) is 1. The third kappa shape index (κ3) is 1.57. The van der Waals surface area contributed by atoms with Crippen molar-refractivity contribution in [3.8, 4) is 0 Å². The number of nitrogens with zero attached hydrogens (tertiary/aromatic N) is 3. The molecule has 0 aromatic carbocycles. The quantitative estimate of drug-likeness (QED) is 0.603. The maximum absolute atomic E-state index is 12.8. The van der Waals surface area contributed by atoms with Crippen molar-refractivity contribution in [3.05, 3.63) is 28.5 Å². The largest absolute Gasteiger partial charge is 0.291 e. The number of aryl methyl sites for hydroxylation is 1. The summed E-state index contributed by atoms with van der Waals surface area (Å²) in [7, 11) is 1.69. The molecule has 3 fully saturated rings. The van der Waals surface area contributed by atoms with Crippen molar-refractivity contribution in [3.63, 3.8) is 0 Å². The predicted molar refractivity (Wildman–Crippen MR) is 85.0 cm³/mol. The molecule has 1 spiro atoms. The van der Waals surface area contributed by atoms with Crippen LogP contribution in [0.3, 0.4) is 0 Å². The van der Waals surface area contributed by atoms with Crippen LogP contribution in [0.25, 0.3) is 0 Å². The van der Waals surface area contributed by atoms with Crippen molar-refractivity contribution in [2.45, 2.75) is 12.8 Å². The van der Waals surface area contributed by atoms with Gasteiger partial charge in [0.25, 0.3) is 17.7 Å². The number of aromatic nitrogens is 2. The van der Waals surface area contributed by atoms with Crippen LogP contribution in [0.2, 0.25) is 0 Å². The molecule has 2 saturated carbocycles. The summed E-state index contributed by atoms with van der Waals surface area (Å²) in [6, 6.07) is 0. The van der Waals surface area contributed by atoms with Crippen LogP contribution >= 0.6 is 15.9 Å². The van der Waals surface area contributed by atoms with Gasteiger partial charge in [-0.15, -0.1) is 0 Å². The summed E-state index contributed by atoms with van der Waals surface area (Å²) < 4.78 is 2.00. The molecule has 124 valence electrons. The lowest BCUT2D eigenvalue weighted by molar-refractivity contribution is -0.144. The van der Waals surface area contributed by atoms with Gasteiger partial charge in [-0.3, -0.25) is 24.5 Å². The van der Waals surface area contributed by atoms with Gasteiger partial charge >= 0.3 is 0 Å². The van der Waals surface area contributed by atoms with Gasteiger partial charge in [0.15, 0.2) is 5.69 Å². The summed E-state index contributed by atoms with van der Waals surface area (Å²) in [5, 5.41) is 4.96. The molecule has 1 aromatic rings. The van der Waals surface area contributed by atoms with Crippen LogP contribution in [-0.2, 0) is 16.6 Å². The van der Waals surface area contributed by atoms with Crippen molar-refractivity contribution in [1.82, 2.24) is 20.2 Å². The molecule has 3 aliphatic carbocycles. The monoisotopic (exact) mass is 390 g/mol. The van der Waals surface area contributed by atoms with E-state index in [9.17, 15) is 14.4 Å². The first-order chi connectivity index (χ1) is 11.4. The second kappa shape index (κ2) is 4.36. The Morgan fingerprint density at radius 2 is 1.83 bits per heavy atom. The fraction of sp³-hybridized carbons (Fsp3) is 0.500. The smallest absolute Gasteiger partial charge is 0.274 e. The Hall–Kier alpha value is -1.96. The summed E-state index contributed by atoms with van der Waals surface area (Å²) in [6.07, 6.45) is 8.03. The number of imide groups is 1. The number of fused-ring (bicyclic) bond motifs is 3. The topological polar surface area (TPSA) is 84.3 Å². The number of rotatable bonds is 2. The Labute approximate surface area is 146 Å². The standard InChI is InChI=1S/C16H15BrN4O3/c1-20-6-9(17)12(18-20)13(22)19-21-14(23)10-7-2-3-8(11(10)15(21)24)16(7)4-5-16/h2-3,6-8,10-11H,4-5H2,1H3,(H,19,22). The van der Waals surface area contributed by atoms with Crippen LogP contribution in [0.5, 0.6) is 0 Å². The number of carbonyl (C=O) groups excluding carboxylic acids is 3. The van der Waals surface area contributed by atoms with Crippen molar-refractivity contribution in [2.24, 2.45) is 36.1 Å². The number of amides is 3. The zero-order chi connectivity index (χ0) is 16.8. The summed E-state index contributed by atoms with van der Waals surface area (Å²) in [4.78, 5) is 37.9. The van der Waals surface area contributed by atoms with Gasteiger partial charge < -0.3 is 0 Å². The Bertz CT molecular complexity index is 806. The van der Waals surface area contributed by atoms with Gasteiger partial charge in [-0.05, 0) is 46.0 Å². The molecule has 2 bridgehead atoms. The molecule has 3 amide bonds. The maximum atomic E-state index is 12.8. The summed E-state index contributed by atoms with van der Waals surface area (Å²) in [5.74, 6) is -1.47. The van der Waals surface area contributed by atoms with Crippen LogP contribution in [0.1, 0.15) is 23.3 Å². The summed E-state index contributed by atoms with van der Waals surface area (Å²) in [6.45, 7) is 0. The van der Waals surface area contributed by atoms with Crippen molar-refractivity contribution >= 4 is 33.7 Å². The van der Waals surface area contributed by atoms with E-state index in [1.165, 1.54) is 4.68 Å². The van der Waals surface area contributed by atoms with Crippen LogP contribution in [0, 0.1) is 29.1 Å². The number of nitrogens with one attached hydrogen (secondary N) is 1. The number of carbonyl (C=O) groups is 3. The zero-order valence-electron chi connectivity index (χ0n) is 12.9. The van der Waals surface area contributed by atoms with Crippen LogP contribution in [0.15, 0.2) is 22.8 Å². The van der Waals surface area contributed by atoms with E-state index in [1.807, 2.05) is 0 Å². The number of hydrogen-bond acceptors (Lipinski definition) is 4. The predicted octanol–water partition coefficient (Wildman–Crippen LogP) is 1.02. The van der Waals surface area contributed by atoms with Gasteiger partial charge in [0.1, 0.15) is 0 Å². The van der Waals surface area contributed by atoms with E-state index in [0.29, 0.717) is 4.47 Å². The van der Waals surface area contributed by atoms with Gasteiger partial charge in [0.2, 0.25) is 0 Å². The minimum Gasteiger partial charge on any atom is -0.274 e. The molecule has 4 atom stereocenters. The van der Waals surface area contributed by atoms with E-state index < -0.39 is 5.91 Å². The Kier molecular flexibility index (Phi) is 2.61. The lowest BCUT2D eigenvalue weighted by Crippen LogP contribution is -2.48. The summed E-state index contributed by atoms with van der Waals surface area (Å²) in [5.41, 5.74) is 2.76. The lowest BCUT2D eigenvalue weighted by Gasteiger charge is -2.21. The molecular weight excluding hydrogens is 376 g/mol. The normalized spacial score (nSPS) is 34.3. The second-order valence-corrected chi connectivity index (χ2v) is 8.03. The van der Waals surface area contributed by atoms with Gasteiger partial charge in [0.05, 0.1) is 16.3 Å². The third-order valence-electron chi connectivity index (χ3n) is 6.07. The van der Waals surface area contributed by atoms with Crippen molar-refractivity contribution in [2.75, 3.05) is 0 Å². The first kappa shape index (κ1) is 14.4. The number of hydrazine groups is 1. The van der Waals surface area contributed by atoms with E-state index in [1.54, 1.807) is 13.2 Å². The first-order valence-electron chi connectivity index (χ1n) is 8.00. The Balaban J connectivity index is 1.42. The van der Waals surface area contributed by atoms with Crippen molar-refractivity contribution in [1.29, 1.82) is 0 Å². The number of halogens is 1. The molecule has 1 N–H and O–H groups in total. The van der Waals surface area contributed by atoms with E-state index in [4.69, 9.17) is 0 Å². The SMILES string of the molecule is Cn1cc(Br)c(C(=O)NN2C(=O)C3C(C2=O)C2C=CC3C23CC3)n1. The molecule has 4 aliphatic rings. The molecular formula is C16H15BrN4O3. The third-order valence-corrected chi connectivity index (χ3v) is 6.65. The molecule has 24 heavy (non-hydrogen) atoms. The highest BCUT2D eigenvalue weighted by Gasteiger charge is 2.73. The summed E-state index contributed by atoms with van der Waals surface area (Å²) >= 11 is 3.26. The molecule has 1 aromatic heterocycles. The molecule has 1 saturated heterocycles. The lowest BCUT2D eigenvalue weighted by atomic mass is 9.85. The van der Waals surface area contributed by atoms with Gasteiger partial charge in [0, 0.05) is 13.2 Å². The zero-order valence-corrected chi connectivity index (χ0v) is 14.5. The highest BCUT2D eigenvalue weighted by Crippen LogP contribution is 2.73. The molecule has 5 rings (SSSR count).